The Bertz CT molecular complexity index is 3950. The Balaban J connectivity index is 0.996. The Morgan fingerprint density at radius 3 is 0.838 bits per heavy atom. The molecule has 0 atom stereocenters. The van der Waals surface area contributed by atoms with E-state index in [0.29, 0.717) is 0 Å². The summed E-state index contributed by atoms with van der Waals surface area (Å²) in [5, 5.41) is 18.1. The number of aryl methyl sites for hydroxylation is 4. The summed E-state index contributed by atoms with van der Waals surface area (Å²) in [5.41, 5.74) is 14.2. The van der Waals surface area contributed by atoms with Gasteiger partial charge in [-0.15, -0.1) is 0 Å². The van der Waals surface area contributed by atoms with Crippen molar-refractivity contribution in [3.8, 4) is 0 Å². The van der Waals surface area contributed by atoms with Crippen molar-refractivity contribution in [1.29, 1.82) is 0 Å². The van der Waals surface area contributed by atoms with Gasteiger partial charge in [0.1, 0.15) is 0 Å². The van der Waals surface area contributed by atoms with Gasteiger partial charge >= 0.3 is 0 Å². The molecule has 322 valence electrons. The Labute approximate surface area is 396 Å². The largest absolute Gasteiger partial charge is 0.310 e. The van der Waals surface area contributed by atoms with Crippen LogP contribution in [0.3, 0.4) is 0 Å². The maximum atomic E-state index is 2.43. The topological polar surface area (TPSA) is 6.48 Å². The molecule has 0 radical (unpaired) electrons. The molecule has 13 aromatic rings. The zero-order chi connectivity index (χ0) is 45.6. The summed E-state index contributed by atoms with van der Waals surface area (Å²) in [7, 11) is 0. The monoisotopic (exact) mass is 868 g/mol. The van der Waals surface area contributed by atoms with Gasteiger partial charge in [0.2, 0.25) is 0 Å². The minimum atomic E-state index is 1.12. The summed E-state index contributed by atoms with van der Waals surface area (Å²) in [6.07, 6.45) is 4.39. The fraction of sp³-hybridized carbons (Fsp3) is 0.0606. The van der Waals surface area contributed by atoms with Crippen LogP contribution in [0.2, 0.25) is 0 Å². The van der Waals surface area contributed by atoms with Gasteiger partial charge in [-0.1, -0.05) is 180 Å². The van der Waals surface area contributed by atoms with E-state index >= 15 is 0 Å². The zero-order valence-electron chi connectivity index (χ0n) is 38.7. The lowest BCUT2D eigenvalue weighted by atomic mass is 9.83. The molecule has 0 fully saturated rings. The molecule has 68 heavy (non-hydrogen) atoms. The molecule has 0 heterocycles. The van der Waals surface area contributed by atoms with E-state index in [1.54, 1.807) is 0 Å². The average molecular weight is 869 g/mol. The Kier molecular flexibility index (Phi) is 9.13. The third-order valence-corrected chi connectivity index (χ3v) is 14.4. The van der Waals surface area contributed by atoms with Crippen LogP contribution in [0, 0.1) is 27.7 Å². The van der Waals surface area contributed by atoms with Gasteiger partial charge in [-0.25, -0.2) is 0 Å². The third kappa shape index (κ3) is 6.32. The number of anilines is 6. The van der Waals surface area contributed by atoms with Gasteiger partial charge in [0.05, 0.1) is 11.4 Å². The molecular formula is C66H48N2. The first-order chi connectivity index (χ1) is 33.4. The standard InChI is InChI=1S/C66H48N2/c1-41-11-19-45(20-12-41)21-22-46-23-31-50(32-24-46)68(49-29-17-44(4)18-30-49)62-40-38-54-58-36-33-55-51-7-5-9-59-61(67(47-25-13-42(2)14-26-47)48-27-15-43(3)16-28-48)39-37-53(63(51)59)57-35-34-56(66(58)65(55)57)52-8-6-10-60(62)64(52)54/h5-40H,1-4H3/b22-21+. The van der Waals surface area contributed by atoms with E-state index in [-0.39, 0.29) is 0 Å². The first kappa shape index (κ1) is 39.9. The van der Waals surface area contributed by atoms with Crippen molar-refractivity contribution in [1.82, 2.24) is 0 Å². The van der Waals surface area contributed by atoms with Crippen molar-refractivity contribution < 1.29 is 0 Å². The van der Waals surface area contributed by atoms with E-state index in [1.807, 2.05) is 0 Å². The fourth-order valence-electron chi connectivity index (χ4n) is 11.0. The van der Waals surface area contributed by atoms with E-state index < -0.39 is 0 Å². The fourth-order valence-corrected chi connectivity index (χ4v) is 11.0. The second-order valence-corrected chi connectivity index (χ2v) is 18.8. The van der Waals surface area contributed by atoms with E-state index in [4.69, 9.17) is 0 Å². The lowest BCUT2D eigenvalue weighted by molar-refractivity contribution is 1.28. The highest BCUT2D eigenvalue weighted by Gasteiger charge is 2.24. The molecule has 0 amide bonds. The van der Waals surface area contributed by atoms with Crippen LogP contribution < -0.4 is 9.80 Å². The Hall–Kier alpha value is -8.46. The summed E-state index contributed by atoms with van der Waals surface area (Å²) < 4.78 is 0. The van der Waals surface area contributed by atoms with Crippen LogP contribution in [0.15, 0.2) is 206 Å². The lowest BCUT2D eigenvalue weighted by Gasteiger charge is -2.28. The van der Waals surface area contributed by atoms with Gasteiger partial charge in [0.25, 0.3) is 0 Å². The molecule has 0 spiro atoms. The minimum Gasteiger partial charge on any atom is -0.310 e. The number of nitrogens with zero attached hydrogens (tertiary/aromatic N) is 2. The van der Waals surface area contributed by atoms with Crippen LogP contribution in [-0.4, -0.2) is 0 Å². The summed E-state index contributed by atoms with van der Waals surface area (Å²) in [4.78, 5) is 4.85. The summed E-state index contributed by atoms with van der Waals surface area (Å²) in [6.45, 7) is 8.59. The Morgan fingerprint density at radius 2 is 0.485 bits per heavy atom. The molecule has 13 rings (SSSR count). The number of fused-ring (bicyclic) bond motifs is 4. The highest BCUT2D eigenvalue weighted by Crippen LogP contribution is 2.51. The van der Waals surface area contributed by atoms with Crippen molar-refractivity contribution in [2.45, 2.75) is 27.7 Å². The molecule has 0 aliphatic rings. The number of benzene rings is 13. The maximum Gasteiger partial charge on any atom is 0.0540 e. The lowest BCUT2D eigenvalue weighted by Crippen LogP contribution is -2.10. The van der Waals surface area contributed by atoms with E-state index in [1.165, 1.54) is 109 Å². The quantitative estimate of drug-likeness (QED) is 0.0853. The molecule has 0 saturated carbocycles. The Morgan fingerprint density at radius 1 is 0.235 bits per heavy atom. The van der Waals surface area contributed by atoms with Crippen LogP contribution >= 0.6 is 0 Å². The third-order valence-electron chi connectivity index (χ3n) is 14.4. The van der Waals surface area contributed by atoms with E-state index in [9.17, 15) is 0 Å². The highest BCUT2D eigenvalue weighted by molar-refractivity contribution is 6.43. The first-order valence-corrected chi connectivity index (χ1v) is 23.7. The van der Waals surface area contributed by atoms with Gasteiger partial charge in [-0.05, 0) is 164 Å². The van der Waals surface area contributed by atoms with Crippen molar-refractivity contribution in [3.63, 3.8) is 0 Å². The van der Waals surface area contributed by atoms with Crippen LogP contribution in [0.5, 0.6) is 0 Å². The maximum absolute atomic E-state index is 2.43. The molecule has 0 aromatic heterocycles. The molecule has 0 saturated heterocycles. The molecule has 0 aliphatic carbocycles. The van der Waals surface area contributed by atoms with E-state index in [2.05, 4.69) is 256 Å². The highest BCUT2D eigenvalue weighted by atomic mass is 15.1. The zero-order valence-corrected chi connectivity index (χ0v) is 38.7. The van der Waals surface area contributed by atoms with Gasteiger partial charge < -0.3 is 9.80 Å². The predicted octanol–water partition coefficient (Wildman–Crippen LogP) is 19.0. The second kappa shape index (κ2) is 15.6. The first-order valence-electron chi connectivity index (χ1n) is 23.7. The SMILES string of the molecule is Cc1ccc(/C=C/c2ccc(N(c3ccc(C)cc3)c3ccc4c5ccc6c7cccc8c(N(c9ccc(C)cc9)c9ccc(C)cc9)ccc(c9ccc(c%10cccc3c%104)c5c69)c87)cc2)cc1. The summed E-state index contributed by atoms with van der Waals surface area (Å²) in [5.74, 6) is 0. The van der Waals surface area contributed by atoms with Crippen LogP contribution in [0.4, 0.5) is 34.1 Å². The molecular weight excluding hydrogens is 821 g/mol. The molecule has 13 aromatic carbocycles. The van der Waals surface area contributed by atoms with Gasteiger partial charge in [-0.2, -0.15) is 0 Å². The molecule has 2 heteroatoms. The number of hydrogen-bond acceptors (Lipinski definition) is 2. The van der Waals surface area contributed by atoms with Gasteiger partial charge in [0, 0.05) is 33.5 Å². The second-order valence-electron chi connectivity index (χ2n) is 18.8. The van der Waals surface area contributed by atoms with Gasteiger partial charge in [-0.3, -0.25) is 0 Å². The van der Waals surface area contributed by atoms with Crippen molar-refractivity contribution in [2.24, 2.45) is 0 Å². The number of rotatable bonds is 8. The molecule has 2 nitrogen and oxygen atoms in total. The van der Waals surface area contributed by atoms with Crippen LogP contribution in [-0.2, 0) is 0 Å². The van der Waals surface area contributed by atoms with Crippen molar-refractivity contribution in [2.75, 3.05) is 9.80 Å². The minimum absolute atomic E-state index is 1.12. The molecule has 0 N–H and O–H groups in total. The average Bonchev–Trinajstić information content (AvgIpc) is 3.37. The number of hydrogen-bond donors (Lipinski definition) is 0. The van der Waals surface area contributed by atoms with Crippen LogP contribution in [0.25, 0.3) is 87.6 Å². The van der Waals surface area contributed by atoms with Crippen molar-refractivity contribution >= 4 is 122 Å². The van der Waals surface area contributed by atoms with E-state index in [0.717, 1.165) is 34.0 Å². The summed E-state index contributed by atoms with van der Waals surface area (Å²) >= 11 is 0. The van der Waals surface area contributed by atoms with Crippen molar-refractivity contribution in [3.05, 3.63) is 240 Å². The van der Waals surface area contributed by atoms with Crippen LogP contribution in [0.1, 0.15) is 33.4 Å². The predicted molar refractivity (Wildman–Crippen MR) is 295 cm³/mol. The molecule has 0 aliphatic heterocycles. The summed E-state index contributed by atoms with van der Waals surface area (Å²) in [6, 6.07) is 77.2. The smallest absolute Gasteiger partial charge is 0.0540 e. The molecule has 0 unspecified atom stereocenters. The molecule has 0 bridgehead atoms. The normalized spacial score (nSPS) is 12.1. The van der Waals surface area contributed by atoms with Gasteiger partial charge in [0.15, 0.2) is 0 Å².